The molecule has 1 amide bonds. The summed E-state index contributed by atoms with van der Waals surface area (Å²) in [6.45, 7) is 1.76. The highest BCUT2D eigenvalue weighted by molar-refractivity contribution is 6.35. The van der Waals surface area contributed by atoms with Crippen LogP contribution in [-0.2, 0) is 11.2 Å². The van der Waals surface area contributed by atoms with Crippen LogP contribution < -0.4 is 16.2 Å². The van der Waals surface area contributed by atoms with Crippen LogP contribution in [0.25, 0.3) is 0 Å². The van der Waals surface area contributed by atoms with E-state index in [1.807, 2.05) is 6.92 Å². The molecule has 1 unspecified atom stereocenters. The van der Waals surface area contributed by atoms with Crippen molar-refractivity contribution in [3.63, 3.8) is 0 Å². The van der Waals surface area contributed by atoms with Crippen molar-refractivity contribution in [3.8, 4) is 5.75 Å². The molecule has 100 valence electrons. The maximum absolute atomic E-state index is 10.7. The molecule has 0 fully saturated rings. The quantitative estimate of drug-likeness (QED) is 0.842. The summed E-state index contributed by atoms with van der Waals surface area (Å²) in [5.74, 6) is -0.143. The number of benzene rings is 1. The molecule has 0 aromatic heterocycles. The predicted molar refractivity (Wildman–Crippen MR) is 73.1 cm³/mol. The van der Waals surface area contributed by atoms with Crippen LogP contribution in [0.1, 0.15) is 18.9 Å². The van der Waals surface area contributed by atoms with Crippen molar-refractivity contribution in [2.45, 2.75) is 25.8 Å². The summed E-state index contributed by atoms with van der Waals surface area (Å²) >= 11 is 12.0. The molecule has 0 saturated carbocycles. The summed E-state index contributed by atoms with van der Waals surface area (Å²) in [5.41, 5.74) is 11.7. The van der Waals surface area contributed by atoms with Crippen LogP contribution in [0.2, 0.25) is 10.0 Å². The molecule has 4 N–H and O–H groups in total. The number of ether oxygens (including phenoxy) is 1. The smallest absolute Gasteiger partial charge is 0.255 e. The minimum absolute atomic E-state index is 0.0181. The third-order valence-corrected chi connectivity index (χ3v) is 2.95. The molecule has 0 spiro atoms. The van der Waals surface area contributed by atoms with E-state index in [0.29, 0.717) is 22.2 Å². The highest BCUT2D eigenvalue weighted by Crippen LogP contribution is 2.33. The van der Waals surface area contributed by atoms with Gasteiger partial charge in [0.25, 0.3) is 5.91 Å². The van der Waals surface area contributed by atoms with Crippen molar-refractivity contribution in [1.82, 2.24) is 0 Å². The standard InChI is InChI=1S/C12H16Cl2N2O2/c1-2-9(15)4-7-3-8(13)5-10(14)12(7)18-6-11(16)17/h3,5,9H,2,4,6,15H2,1H3,(H2,16,17). The number of carbonyl (C=O) groups excluding carboxylic acids is 1. The number of hydrogen-bond acceptors (Lipinski definition) is 3. The summed E-state index contributed by atoms with van der Waals surface area (Å²) < 4.78 is 5.31. The maximum atomic E-state index is 10.7. The predicted octanol–water partition coefficient (Wildman–Crippen LogP) is 2.14. The van der Waals surface area contributed by atoms with E-state index in [2.05, 4.69) is 0 Å². The first kappa shape index (κ1) is 15.1. The third kappa shape index (κ3) is 4.37. The number of rotatable bonds is 6. The van der Waals surface area contributed by atoms with E-state index >= 15 is 0 Å². The topological polar surface area (TPSA) is 78.3 Å². The van der Waals surface area contributed by atoms with Gasteiger partial charge in [0.15, 0.2) is 6.61 Å². The van der Waals surface area contributed by atoms with Gasteiger partial charge < -0.3 is 16.2 Å². The molecule has 1 aromatic carbocycles. The fourth-order valence-corrected chi connectivity index (χ4v) is 2.09. The number of amides is 1. The summed E-state index contributed by atoms with van der Waals surface area (Å²) in [7, 11) is 0. The van der Waals surface area contributed by atoms with E-state index < -0.39 is 5.91 Å². The van der Waals surface area contributed by atoms with Crippen molar-refractivity contribution < 1.29 is 9.53 Å². The number of halogens is 2. The molecule has 0 aliphatic rings. The number of primary amides is 1. The Labute approximate surface area is 116 Å². The second-order valence-electron chi connectivity index (χ2n) is 4.00. The number of hydrogen-bond donors (Lipinski definition) is 2. The number of nitrogens with two attached hydrogens (primary N) is 2. The molecule has 4 nitrogen and oxygen atoms in total. The van der Waals surface area contributed by atoms with E-state index in [1.54, 1.807) is 12.1 Å². The van der Waals surface area contributed by atoms with E-state index in [9.17, 15) is 4.79 Å². The first-order valence-corrected chi connectivity index (χ1v) is 6.34. The first-order chi connectivity index (χ1) is 8.43. The third-order valence-electron chi connectivity index (χ3n) is 2.45. The Bertz CT molecular complexity index is 438. The van der Waals surface area contributed by atoms with Crippen LogP contribution in [0.3, 0.4) is 0 Å². The Balaban J connectivity index is 3.00. The van der Waals surface area contributed by atoms with Gasteiger partial charge in [-0.1, -0.05) is 30.1 Å². The number of carbonyl (C=O) groups is 1. The van der Waals surface area contributed by atoms with Gasteiger partial charge >= 0.3 is 0 Å². The lowest BCUT2D eigenvalue weighted by Gasteiger charge is -2.15. The molecular formula is C12H16Cl2N2O2. The molecule has 0 radical (unpaired) electrons. The highest BCUT2D eigenvalue weighted by atomic mass is 35.5. The van der Waals surface area contributed by atoms with Crippen molar-refractivity contribution in [1.29, 1.82) is 0 Å². The molecule has 6 heteroatoms. The van der Waals surface area contributed by atoms with Crippen molar-refractivity contribution in [2.24, 2.45) is 11.5 Å². The summed E-state index contributed by atoms with van der Waals surface area (Å²) in [4.78, 5) is 10.7. The van der Waals surface area contributed by atoms with Gasteiger partial charge in [-0.15, -0.1) is 0 Å². The Hall–Kier alpha value is -0.970. The SMILES string of the molecule is CCC(N)Cc1cc(Cl)cc(Cl)c1OCC(N)=O. The highest BCUT2D eigenvalue weighted by Gasteiger charge is 2.14. The molecule has 0 aliphatic carbocycles. The molecule has 1 atom stereocenters. The van der Waals surface area contributed by atoms with Crippen LogP contribution in [0.4, 0.5) is 0 Å². The van der Waals surface area contributed by atoms with Gasteiger partial charge in [-0.25, -0.2) is 0 Å². The second-order valence-corrected chi connectivity index (χ2v) is 4.85. The van der Waals surface area contributed by atoms with Gasteiger partial charge in [-0.3, -0.25) is 4.79 Å². The minimum atomic E-state index is -0.563. The average molecular weight is 291 g/mol. The summed E-state index contributed by atoms with van der Waals surface area (Å²) in [6, 6.07) is 3.27. The van der Waals surface area contributed by atoms with Gasteiger partial charge in [0, 0.05) is 11.1 Å². The monoisotopic (exact) mass is 290 g/mol. The largest absolute Gasteiger partial charge is 0.482 e. The molecular weight excluding hydrogens is 275 g/mol. The van der Waals surface area contributed by atoms with E-state index in [4.69, 9.17) is 39.4 Å². The molecule has 1 rings (SSSR count). The first-order valence-electron chi connectivity index (χ1n) is 5.58. The zero-order valence-electron chi connectivity index (χ0n) is 10.1. The van der Waals surface area contributed by atoms with E-state index in [1.165, 1.54) is 0 Å². The Morgan fingerprint density at radius 1 is 1.44 bits per heavy atom. The fraction of sp³-hybridized carbons (Fsp3) is 0.417. The molecule has 0 saturated heterocycles. The Kier molecular flexibility index (Phi) is 5.72. The average Bonchev–Trinajstić information content (AvgIpc) is 2.27. The van der Waals surface area contributed by atoms with Crippen LogP contribution >= 0.6 is 23.2 Å². The fourth-order valence-electron chi connectivity index (χ4n) is 1.50. The van der Waals surface area contributed by atoms with Crippen molar-refractivity contribution >= 4 is 29.1 Å². The van der Waals surface area contributed by atoms with Gasteiger partial charge in [0.2, 0.25) is 0 Å². The van der Waals surface area contributed by atoms with Crippen molar-refractivity contribution in [3.05, 3.63) is 27.7 Å². The molecule has 0 bridgehead atoms. The zero-order chi connectivity index (χ0) is 13.7. The van der Waals surface area contributed by atoms with Gasteiger partial charge in [-0.05, 0) is 30.5 Å². The van der Waals surface area contributed by atoms with Crippen LogP contribution in [0.5, 0.6) is 5.75 Å². The molecule has 0 heterocycles. The van der Waals surface area contributed by atoms with Crippen molar-refractivity contribution in [2.75, 3.05) is 6.61 Å². The second kappa shape index (κ2) is 6.83. The molecule has 18 heavy (non-hydrogen) atoms. The molecule has 0 aliphatic heterocycles. The lowest BCUT2D eigenvalue weighted by atomic mass is 10.0. The molecule has 1 aromatic rings. The van der Waals surface area contributed by atoms with Crippen LogP contribution in [0, 0.1) is 0 Å². The van der Waals surface area contributed by atoms with Gasteiger partial charge in [0.1, 0.15) is 5.75 Å². The van der Waals surface area contributed by atoms with Crippen LogP contribution in [-0.4, -0.2) is 18.6 Å². The Morgan fingerprint density at radius 3 is 2.67 bits per heavy atom. The minimum Gasteiger partial charge on any atom is -0.482 e. The van der Waals surface area contributed by atoms with Gasteiger partial charge in [0.05, 0.1) is 5.02 Å². The van der Waals surface area contributed by atoms with Crippen LogP contribution in [0.15, 0.2) is 12.1 Å². The van der Waals surface area contributed by atoms with E-state index in [0.717, 1.165) is 12.0 Å². The normalized spacial score (nSPS) is 12.2. The lowest BCUT2D eigenvalue weighted by Crippen LogP contribution is -2.23. The summed E-state index contributed by atoms with van der Waals surface area (Å²) in [5, 5.41) is 0.854. The summed E-state index contributed by atoms with van der Waals surface area (Å²) in [6.07, 6.45) is 1.39. The lowest BCUT2D eigenvalue weighted by molar-refractivity contribution is -0.119. The van der Waals surface area contributed by atoms with E-state index in [-0.39, 0.29) is 12.6 Å². The zero-order valence-corrected chi connectivity index (χ0v) is 11.6. The van der Waals surface area contributed by atoms with Gasteiger partial charge in [-0.2, -0.15) is 0 Å². The maximum Gasteiger partial charge on any atom is 0.255 e. The Morgan fingerprint density at radius 2 is 2.11 bits per heavy atom.